The van der Waals surface area contributed by atoms with Gasteiger partial charge in [0.25, 0.3) is 0 Å². The minimum absolute atomic E-state index is 0.527. The van der Waals surface area contributed by atoms with E-state index < -0.39 is 0 Å². The summed E-state index contributed by atoms with van der Waals surface area (Å²) in [4.78, 5) is 0. The minimum Gasteiger partial charge on any atom is -0.398 e. The first kappa shape index (κ1) is 18.6. The molecule has 27 heavy (non-hydrogen) atoms. The van der Waals surface area contributed by atoms with Crippen molar-refractivity contribution in [2.24, 2.45) is 17.4 Å². The highest BCUT2D eigenvalue weighted by atomic mass is 15.0. The van der Waals surface area contributed by atoms with Gasteiger partial charge in [0.2, 0.25) is 0 Å². The Hall–Kier alpha value is -3.14. The third kappa shape index (κ3) is 5.42. The van der Waals surface area contributed by atoms with Crippen LogP contribution in [0.1, 0.15) is 30.4 Å². The van der Waals surface area contributed by atoms with Crippen LogP contribution < -0.4 is 22.1 Å². The van der Waals surface area contributed by atoms with Gasteiger partial charge in [-0.1, -0.05) is 55.5 Å². The Labute approximate surface area is 161 Å². The third-order valence-corrected chi connectivity index (χ3v) is 4.88. The molecule has 1 saturated carbocycles. The van der Waals surface area contributed by atoms with E-state index in [1.807, 2.05) is 48.5 Å². The van der Waals surface area contributed by atoms with Crippen molar-refractivity contribution in [2.75, 3.05) is 11.9 Å². The highest BCUT2D eigenvalue weighted by Gasteiger charge is 2.16. The van der Waals surface area contributed by atoms with E-state index >= 15 is 0 Å². The van der Waals surface area contributed by atoms with Crippen LogP contribution in [-0.4, -0.2) is 6.54 Å². The zero-order valence-electron chi connectivity index (χ0n) is 15.6. The molecule has 1 aliphatic rings. The second-order valence-corrected chi connectivity index (χ2v) is 6.97. The van der Waals surface area contributed by atoms with Gasteiger partial charge < -0.3 is 22.1 Å². The predicted octanol–water partition coefficient (Wildman–Crippen LogP) is 4.26. The number of hydrogen-bond acceptors (Lipinski definition) is 4. The number of hydrogen-bond donors (Lipinski definition) is 4. The monoisotopic (exact) mass is 360 g/mol. The van der Waals surface area contributed by atoms with E-state index in [0.717, 1.165) is 35.0 Å². The van der Waals surface area contributed by atoms with Crippen LogP contribution in [0.15, 0.2) is 79.1 Å². The molecule has 4 heteroatoms. The molecule has 0 spiro atoms. The molecule has 0 heterocycles. The molecule has 0 bridgehead atoms. The lowest BCUT2D eigenvalue weighted by atomic mass is 9.85. The zero-order valence-corrected chi connectivity index (χ0v) is 15.6. The summed E-state index contributed by atoms with van der Waals surface area (Å²) in [5, 5.41) is 6.65. The van der Waals surface area contributed by atoms with Crippen molar-refractivity contribution in [1.82, 2.24) is 5.32 Å². The second-order valence-electron chi connectivity index (χ2n) is 6.97. The Morgan fingerprint density at radius 2 is 1.74 bits per heavy atom. The molecule has 0 amide bonds. The van der Waals surface area contributed by atoms with Crippen molar-refractivity contribution in [3.63, 3.8) is 0 Å². The molecule has 2 aromatic carbocycles. The van der Waals surface area contributed by atoms with Crippen LogP contribution in [0.5, 0.6) is 0 Å². The molecule has 140 valence electrons. The van der Waals surface area contributed by atoms with E-state index in [-0.39, 0.29) is 0 Å². The van der Waals surface area contributed by atoms with Crippen LogP contribution in [0, 0.1) is 5.92 Å². The van der Waals surface area contributed by atoms with Crippen LogP contribution in [0.3, 0.4) is 0 Å². The molecular weight excluding hydrogens is 332 g/mol. The summed E-state index contributed by atoms with van der Waals surface area (Å²) >= 11 is 0. The molecule has 4 nitrogen and oxygen atoms in total. The summed E-state index contributed by atoms with van der Waals surface area (Å²) in [6, 6.07) is 17.9. The van der Waals surface area contributed by atoms with E-state index in [1.165, 1.54) is 19.3 Å². The maximum Gasteiger partial charge on any atom is 0.101 e. The average Bonchev–Trinajstić information content (AvgIpc) is 2.65. The van der Waals surface area contributed by atoms with Crippen LogP contribution >= 0.6 is 0 Å². The van der Waals surface area contributed by atoms with E-state index in [0.29, 0.717) is 11.5 Å². The van der Waals surface area contributed by atoms with Crippen LogP contribution in [-0.2, 0) is 0 Å². The fourth-order valence-electron chi connectivity index (χ4n) is 2.97. The number of benzene rings is 2. The largest absolute Gasteiger partial charge is 0.398 e. The van der Waals surface area contributed by atoms with E-state index in [4.69, 9.17) is 11.5 Å². The van der Waals surface area contributed by atoms with Crippen LogP contribution in [0.25, 0.3) is 11.4 Å². The predicted molar refractivity (Wildman–Crippen MR) is 115 cm³/mol. The summed E-state index contributed by atoms with van der Waals surface area (Å²) in [6.07, 6.45) is 7.58. The summed E-state index contributed by atoms with van der Waals surface area (Å²) in [6.45, 7) is 5.16. The van der Waals surface area contributed by atoms with Gasteiger partial charge in [-0.15, -0.1) is 0 Å². The van der Waals surface area contributed by atoms with Gasteiger partial charge in [0.05, 0.1) is 0 Å². The van der Waals surface area contributed by atoms with Gasteiger partial charge in [0.1, 0.15) is 5.82 Å². The van der Waals surface area contributed by atoms with Gasteiger partial charge in [-0.2, -0.15) is 0 Å². The molecule has 6 N–H and O–H groups in total. The fourth-order valence-corrected chi connectivity index (χ4v) is 2.97. The number of allylic oxidation sites excluding steroid dienone is 2. The van der Waals surface area contributed by atoms with Gasteiger partial charge in [-0.3, -0.25) is 0 Å². The average molecular weight is 361 g/mol. The van der Waals surface area contributed by atoms with Gasteiger partial charge in [-0.05, 0) is 54.2 Å². The topological polar surface area (TPSA) is 76.1 Å². The molecule has 0 aromatic heterocycles. The molecule has 0 unspecified atom stereocenters. The maximum atomic E-state index is 6.09. The van der Waals surface area contributed by atoms with Crippen LogP contribution in [0.4, 0.5) is 5.69 Å². The number of nitrogens with two attached hydrogens (primary N) is 2. The van der Waals surface area contributed by atoms with Gasteiger partial charge >= 0.3 is 0 Å². The third-order valence-electron chi connectivity index (χ3n) is 4.88. The van der Waals surface area contributed by atoms with Crippen molar-refractivity contribution in [3.05, 3.63) is 90.3 Å². The normalized spacial score (nSPS) is 15.1. The first-order valence-corrected chi connectivity index (χ1v) is 9.40. The van der Waals surface area contributed by atoms with Gasteiger partial charge in [0.15, 0.2) is 0 Å². The molecule has 3 rings (SSSR count). The molecule has 2 aromatic rings. The van der Waals surface area contributed by atoms with E-state index in [2.05, 4.69) is 23.3 Å². The van der Waals surface area contributed by atoms with Gasteiger partial charge in [0, 0.05) is 23.6 Å². The van der Waals surface area contributed by atoms with Crippen molar-refractivity contribution >= 4 is 17.1 Å². The quantitative estimate of drug-likeness (QED) is 0.531. The molecule has 1 aliphatic carbocycles. The molecular formula is C23H28N4. The van der Waals surface area contributed by atoms with Crippen molar-refractivity contribution in [2.45, 2.75) is 19.3 Å². The Kier molecular flexibility index (Phi) is 6.21. The lowest BCUT2D eigenvalue weighted by molar-refractivity contribution is 0.314. The molecule has 0 atom stereocenters. The molecule has 0 radical (unpaired) electrons. The number of rotatable bonds is 8. The Bertz CT molecular complexity index is 832. The second kappa shape index (κ2) is 8.99. The van der Waals surface area contributed by atoms with Gasteiger partial charge in [-0.25, -0.2) is 0 Å². The summed E-state index contributed by atoms with van der Waals surface area (Å²) in [7, 11) is 0. The number of nitrogens with one attached hydrogen (secondary N) is 2. The standard InChI is InChI=1S/C23H28N4/c1-17(26-16-18-7-5-8-18)20-11-6-12-21(15-20)27-23(25)14-13-22(24)19-9-3-2-4-10-19/h2-4,6,9-15,18,26-27H,1,5,7-8,16,24-25H2/b22-13-,23-14+. The molecule has 0 aliphatic heterocycles. The first-order chi connectivity index (χ1) is 13.1. The Balaban J connectivity index is 1.60. The van der Waals surface area contributed by atoms with Crippen molar-refractivity contribution in [3.8, 4) is 0 Å². The SMILES string of the molecule is C=C(NCC1CCC1)c1cccc(N/C(N)=C/C=C(\N)c2ccccc2)c1. The Morgan fingerprint density at radius 1 is 1.00 bits per heavy atom. The zero-order chi connectivity index (χ0) is 19.1. The van der Waals surface area contributed by atoms with Crippen LogP contribution in [0.2, 0.25) is 0 Å². The summed E-state index contributed by atoms with van der Waals surface area (Å²) in [5.74, 6) is 1.32. The van der Waals surface area contributed by atoms with Crippen molar-refractivity contribution in [1.29, 1.82) is 0 Å². The highest BCUT2D eigenvalue weighted by molar-refractivity contribution is 5.67. The van der Waals surface area contributed by atoms with Crippen molar-refractivity contribution < 1.29 is 0 Å². The number of anilines is 1. The first-order valence-electron chi connectivity index (χ1n) is 9.40. The Morgan fingerprint density at radius 3 is 2.44 bits per heavy atom. The smallest absolute Gasteiger partial charge is 0.101 e. The molecule has 0 saturated heterocycles. The van der Waals surface area contributed by atoms with E-state index in [1.54, 1.807) is 12.2 Å². The summed E-state index contributed by atoms with van der Waals surface area (Å²) in [5.41, 5.74) is 16.7. The minimum atomic E-state index is 0.527. The summed E-state index contributed by atoms with van der Waals surface area (Å²) < 4.78 is 0. The lowest BCUT2D eigenvalue weighted by Crippen LogP contribution is -2.26. The highest BCUT2D eigenvalue weighted by Crippen LogP contribution is 2.26. The maximum absolute atomic E-state index is 6.09. The lowest BCUT2D eigenvalue weighted by Gasteiger charge is -2.26. The molecule has 1 fully saturated rings. The van der Waals surface area contributed by atoms with E-state index in [9.17, 15) is 0 Å². The fraction of sp³-hybridized carbons (Fsp3) is 0.217.